The molecule has 0 aliphatic carbocycles. The van der Waals surface area contributed by atoms with Crippen LogP contribution in [0.3, 0.4) is 0 Å². The number of nitrogens with two attached hydrogens (primary N) is 1. The van der Waals surface area contributed by atoms with Gasteiger partial charge in [0.25, 0.3) is 0 Å². The Balaban J connectivity index is 2.12. The van der Waals surface area contributed by atoms with Crippen LogP contribution in [0, 0.1) is 5.92 Å². The Bertz CT molecular complexity index is 298. The van der Waals surface area contributed by atoms with Crippen molar-refractivity contribution in [3.63, 3.8) is 0 Å². The molecule has 3 N–H and O–H groups in total. The van der Waals surface area contributed by atoms with E-state index in [0.29, 0.717) is 13.2 Å². The summed E-state index contributed by atoms with van der Waals surface area (Å²) in [6.45, 7) is 3.02. The van der Waals surface area contributed by atoms with Crippen LogP contribution in [0.4, 0.5) is 0 Å². The van der Waals surface area contributed by atoms with Crippen molar-refractivity contribution in [2.45, 2.75) is 13.3 Å². The van der Waals surface area contributed by atoms with Crippen molar-refractivity contribution in [1.29, 1.82) is 0 Å². The normalized spacial score (nSPS) is 14.1. The Morgan fingerprint density at radius 1 is 1.73 bits per heavy atom. The zero-order chi connectivity index (χ0) is 11.1. The summed E-state index contributed by atoms with van der Waals surface area (Å²) in [4.78, 5) is 1.31. The molecule has 5 heteroatoms. The van der Waals surface area contributed by atoms with E-state index < -0.39 is 0 Å². The van der Waals surface area contributed by atoms with Crippen molar-refractivity contribution in [2.24, 2.45) is 16.8 Å². The Hall–Kier alpha value is -1.07. The molecule has 0 saturated carbocycles. The lowest BCUT2D eigenvalue weighted by atomic mass is 10.2. The second kappa shape index (κ2) is 6.42. The van der Waals surface area contributed by atoms with Gasteiger partial charge in [0, 0.05) is 17.2 Å². The van der Waals surface area contributed by atoms with Crippen LogP contribution in [0.1, 0.15) is 11.8 Å². The van der Waals surface area contributed by atoms with Crippen LogP contribution < -0.4 is 5.73 Å². The number of hydrogen-bond donors (Lipinski definition) is 2. The summed E-state index contributed by atoms with van der Waals surface area (Å²) in [5, 5.41) is 13.4. The fourth-order valence-electron chi connectivity index (χ4n) is 1.07. The van der Waals surface area contributed by atoms with Gasteiger partial charge in [0.15, 0.2) is 0 Å². The van der Waals surface area contributed by atoms with E-state index in [1.807, 2.05) is 18.4 Å². The minimum Gasteiger partial charge on any atom is -0.409 e. The molecule has 1 heterocycles. The van der Waals surface area contributed by atoms with E-state index in [9.17, 15) is 0 Å². The number of thiophene rings is 1. The van der Waals surface area contributed by atoms with E-state index >= 15 is 0 Å². The van der Waals surface area contributed by atoms with E-state index in [1.54, 1.807) is 11.3 Å². The van der Waals surface area contributed by atoms with Gasteiger partial charge in [-0.25, -0.2) is 0 Å². The van der Waals surface area contributed by atoms with E-state index in [0.717, 1.165) is 6.42 Å². The van der Waals surface area contributed by atoms with Crippen LogP contribution in [-0.2, 0) is 11.2 Å². The van der Waals surface area contributed by atoms with E-state index in [4.69, 9.17) is 15.7 Å². The Kier molecular flexibility index (Phi) is 5.14. The highest BCUT2D eigenvalue weighted by molar-refractivity contribution is 7.09. The van der Waals surface area contributed by atoms with Gasteiger partial charge in [-0.2, -0.15) is 0 Å². The fraction of sp³-hybridized carbons (Fsp3) is 0.500. The van der Waals surface area contributed by atoms with Gasteiger partial charge in [-0.15, -0.1) is 11.3 Å². The van der Waals surface area contributed by atoms with Gasteiger partial charge in [0.1, 0.15) is 5.84 Å². The molecule has 84 valence electrons. The van der Waals surface area contributed by atoms with Crippen LogP contribution in [0.25, 0.3) is 0 Å². The van der Waals surface area contributed by atoms with E-state index in [2.05, 4.69) is 11.2 Å². The molecule has 1 aromatic heterocycles. The molecule has 1 atom stereocenters. The molecule has 0 amide bonds. The number of oxime groups is 1. The van der Waals surface area contributed by atoms with Crippen molar-refractivity contribution in [2.75, 3.05) is 13.2 Å². The highest BCUT2D eigenvalue weighted by atomic mass is 32.1. The summed E-state index contributed by atoms with van der Waals surface area (Å²) in [5.74, 6) is 0.171. The summed E-state index contributed by atoms with van der Waals surface area (Å²) in [6.07, 6.45) is 0.917. The zero-order valence-electron chi connectivity index (χ0n) is 8.72. The van der Waals surface area contributed by atoms with Crippen molar-refractivity contribution in [1.82, 2.24) is 0 Å². The van der Waals surface area contributed by atoms with Crippen molar-refractivity contribution >= 4 is 17.2 Å². The maximum Gasteiger partial charge on any atom is 0.144 e. The summed E-state index contributed by atoms with van der Waals surface area (Å²) in [7, 11) is 0. The highest BCUT2D eigenvalue weighted by Crippen LogP contribution is 2.09. The van der Waals surface area contributed by atoms with Gasteiger partial charge in [-0.3, -0.25) is 0 Å². The Labute approximate surface area is 93.4 Å². The molecule has 1 rings (SSSR count). The molecule has 1 aromatic rings. The molecule has 0 spiro atoms. The van der Waals surface area contributed by atoms with Gasteiger partial charge in [-0.05, 0) is 11.4 Å². The molecule has 0 radical (unpaired) electrons. The Morgan fingerprint density at radius 2 is 2.53 bits per heavy atom. The SMILES string of the molecule is CC(COCCc1cccs1)/C(N)=N/O. The average Bonchev–Trinajstić information content (AvgIpc) is 2.75. The van der Waals surface area contributed by atoms with Gasteiger partial charge in [0.2, 0.25) is 0 Å². The first-order valence-corrected chi connectivity index (χ1v) is 5.69. The van der Waals surface area contributed by atoms with Gasteiger partial charge in [0.05, 0.1) is 13.2 Å². The number of ether oxygens (including phenoxy) is 1. The van der Waals surface area contributed by atoms with Crippen molar-refractivity contribution < 1.29 is 9.94 Å². The number of nitrogens with zero attached hydrogens (tertiary/aromatic N) is 1. The fourth-order valence-corrected chi connectivity index (χ4v) is 1.76. The minimum absolute atomic E-state index is 0.0432. The first-order chi connectivity index (χ1) is 7.24. The number of rotatable bonds is 6. The third-order valence-corrected chi connectivity index (χ3v) is 3.00. The second-order valence-electron chi connectivity index (χ2n) is 3.33. The van der Waals surface area contributed by atoms with Crippen LogP contribution in [-0.4, -0.2) is 24.3 Å². The molecule has 0 saturated heterocycles. The van der Waals surface area contributed by atoms with Gasteiger partial charge >= 0.3 is 0 Å². The molecular formula is C10H16N2O2S. The first-order valence-electron chi connectivity index (χ1n) is 4.81. The lowest BCUT2D eigenvalue weighted by molar-refractivity contribution is 0.123. The van der Waals surface area contributed by atoms with Crippen LogP contribution in [0.5, 0.6) is 0 Å². The number of hydrogen-bond acceptors (Lipinski definition) is 4. The summed E-state index contributed by atoms with van der Waals surface area (Å²) in [6, 6.07) is 4.11. The summed E-state index contributed by atoms with van der Waals surface area (Å²) >= 11 is 1.72. The summed E-state index contributed by atoms with van der Waals surface area (Å²) < 4.78 is 5.43. The van der Waals surface area contributed by atoms with E-state index in [-0.39, 0.29) is 11.8 Å². The molecule has 0 aromatic carbocycles. The summed E-state index contributed by atoms with van der Waals surface area (Å²) in [5.41, 5.74) is 5.42. The van der Waals surface area contributed by atoms with Crippen LogP contribution in [0.2, 0.25) is 0 Å². The maximum atomic E-state index is 8.42. The molecule has 0 fully saturated rings. The molecule has 0 aliphatic rings. The zero-order valence-corrected chi connectivity index (χ0v) is 9.54. The first kappa shape index (κ1) is 12.0. The predicted octanol–water partition coefficient (Wildman–Crippen LogP) is 1.69. The van der Waals surface area contributed by atoms with Crippen LogP contribution in [0.15, 0.2) is 22.7 Å². The Morgan fingerprint density at radius 3 is 3.13 bits per heavy atom. The van der Waals surface area contributed by atoms with Gasteiger partial charge in [-0.1, -0.05) is 18.1 Å². The number of amidine groups is 1. The minimum atomic E-state index is -0.0432. The molecule has 0 bridgehead atoms. The maximum absolute atomic E-state index is 8.42. The molecular weight excluding hydrogens is 212 g/mol. The molecule has 4 nitrogen and oxygen atoms in total. The molecule has 1 unspecified atom stereocenters. The van der Waals surface area contributed by atoms with Crippen molar-refractivity contribution in [3.8, 4) is 0 Å². The lowest BCUT2D eigenvalue weighted by Gasteiger charge is -2.09. The van der Waals surface area contributed by atoms with Crippen molar-refractivity contribution in [3.05, 3.63) is 22.4 Å². The van der Waals surface area contributed by atoms with Gasteiger partial charge < -0.3 is 15.7 Å². The molecule has 15 heavy (non-hydrogen) atoms. The smallest absolute Gasteiger partial charge is 0.144 e. The predicted molar refractivity (Wildman–Crippen MR) is 61.4 cm³/mol. The monoisotopic (exact) mass is 228 g/mol. The topological polar surface area (TPSA) is 67.8 Å². The van der Waals surface area contributed by atoms with E-state index in [1.165, 1.54) is 4.88 Å². The average molecular weight is 228 g/mol. The second-order valence-corrected chi connectivity index (χ2v) is 4.36. The third kappa shape index (κ3) is 4.31. The lowest BCUT2D eigenvalue weighted by Crippen LogP contribution is -2.25. The quantitative estimate of drug-likeness (QED) is 0.256. The third-order valence-electron chi connectivity index (χ3n) is 2.06. The molecule has 0 aliphatic heterocycles. The highest BCUT2D eigenvalue weighted by Gasteiger charge is 2.07. The van der Waals surface area contributed by atoms with Crippen LogP contribution >= 0.6 is 11.3 Å². The standard InChI is InChI=1S/C10H16N2O2S/c1-8(10(11)12-13)7-14-5-4-9-3-2-6-15-9/h2-3,6,8,13H,4-5,7H2,1H3,(H2,11,12). The largest absolute Gasteiger partial charge is 0.409 e.